The lowest BCUT2D eigenvalue weighted by Gasteiger charge is -2.25. The number of benzene rings is 2. The zero-order chi connectivity index (χ0) is 29.9. The van der Waals surface area contributed by atoms with Crippen LogP contribution in [0.5, 0.6) is 0 Å². The molecule has 2 aromatic rings. The molecule has 0 aliphatic carbocycles. The molecule has 15 nitrogen and oxygen atoms in total. The fourth-order valence-electron chi connectivity index (χ4n) is 3.55. The van der Waals surface area contributed by atoms with E-state index in [1.54, 1.807) is 0 Å². The van der Waals surface area contributed by atoms with Gasteiger partial charge in [0.1, 0.15) is 0 Å². The molecule has 2 aromatic carbocycles. The largest absolute Gasteiger partial charge is 0.480 e. The van der Waals surface area contributed by atoms with Gasteiger partial charge in [-0.15, -0.1) is 0 Å². The van der Waals surface area contributed by atoms with Crippen LogP contribution >= 0.6 is 0 Å². The Morgan fingerprint density at radius 1 is 0.800 bits per heavy atom. The van der Waals surface area contributed by atoms with Crippen LogP contribution in [0.1, 0.15) is 5.56 Å². The maximum Gasteiger partial charge on any atom is 0.317 e. The van der Waals surface area contributed by atoms with Gasteiger partial charge in [0.15, 0.2) is 5.78 Å². The minimum atomic E-state index is -3.89. The number of amides is 1. The number of nitrogens with one attached hydrogen (secondary N) is 2. The lowest BCUT2D eigenvalue weighted by molar-refractivity contribution is -0.141. The van der Waals surface area contributed by atoms with Gasteiger partial charge in [-0.3, -0.25) is 38.3 Å². The van der Waals surface area contributed by atoms with Gasteiger partial charge in [-0.05, 0) is 42.0 Å². The van der Waals surface area contributed by atoms with Crippen LogP contribution in [0.15, 0.2) is 53.4 Å². The maximum atomic E-state index is 12.6. The van der Waals surface area contributed by atoms with Gasteiger partial charge in [0, 0.05) is 30.9 Å². The SMILES string of the molecule is NS(=O)(=O)c1ccc(CC(=O)CN(CCN(CC(=O)O)CC(=O)Nc2ccc(NS(=O)O)cc2)CC(=O)O)cc1. The van der Waals surface area contributed by atoms with Gasteiger partial charge in [0.05, 0.1) is 31.1 Å². The molecule has 0 fully saturated rings. The molecule has 1 unspecified atom stereocenters. The normalized spacial score (nSPS) is 12.2. The first-order chi connectivity index (χ1) is 18.7. The molecule has 0 heterocycles. The van der Waals surface area contributed by atoms with Gasteiger partial charge in [-0.1, -0.05) is 12.1 Å². The summed E-state index contributed by atoms with van der Waals surface area (Å²) in [5.41, 5.74) is 1.18. The first-order valence-corrected chi connectivity index (χ1v) is 14.2. The van der Waals surface area contributed by atoms with E-state index in [4.69, 9.17) is 9.69 Å². The first kappa shape index (κ1) is 32.5. The summed E-state index contributed by atoms with van der Waals surface area (Å²) in [4.78, 5) is 50.2. The number of aliphatic carboxylic acids is 2. The molecule has 0 saturated carbocycles. The lowest BCUT2D eigenvalue weighted by Crippen LogP contribution is -2.44. The molecule has 0 aromatic heterocycles. The number of Topliss-reactive ketones (excluding diaryl/α,β-unsaturated/α-hetero) is 1. The molecule has 7 N–H and O–H groups in total. The average Bonchev–Trinajstić information content (AvgIpc) is 2.82. The Kier molecular flexibility index (Phi) is 12.3. The predicted octanol–water partition coefficient (Wildman–Crippen LogP) is -0.594. The van der Waals surface area contributed by atoms with Crippen molar-refractivity contribution in [3.05, 3.63) is 54.1 Å². The van der Waals surface area contributed by atoms with Crippen LogP contribution in [0.2, 0.25) is 0 Å². The predicted molar refractivity (Wildman–Crippen MR) is 144 cm³/mol. The second-order valence-corrected chi connectivity index (χ2v) is 10.9. The molecule has 218 valence electrons. The van der Waals surface area contributed by atoms with Crippen molar-refractivity contribution in [2.45, 2.75) is 11.3 Å². The van der Waals surface area contributed by atoms with E-state index in [1.807, 2.05) is 0 Å². The lowest BCUT2D eigenvalue weighted by atomic mass is 10.1. The Balaban J connectivity index is 1.98. The number of carbonyl (C=O) groups excluding carboxylic acids is 2. The Morgan fingerprint density at radius 2 is 1.30 bits per heavy atom. The Morgan fingerprint density at radius 3 is 1.77 bits per heavy atom. The van der Waals surface area contributed by atoms with Gasteiger partial charge < -0.3 is 15.5 Å². The van der Waals surface area contributed by atoms with Gasteiger partial charge in [0.2, 0.25) is 15.9 Å². The minimum Gasteiger partial charge on any atom is -0.480 e. The van der Waals surface area contributed by atoms with Crippen LogP contribution in [0, 0.1) is 0 Å². The van der Waals surface area contributed by atoms with Crippen molar-refractivity contribution >= 4 is 56.3 Å². The van der Waals surface area contributed by atoms with Crippen LogP contribution < -0.4 is 15.2 Å². The Bertz CT molecular complexity index is 1330. The monoisotopic (exact) mass is 599 g/mol. The average molecular weight is 600 g/mol. The highest BCUT2D eigenvalue weighted by Gasteiger charge is 2.19. The van der Waals surface area contributed by atoms with E-state index >= 15 is 0 Å². The molecule has 1 atom stereocenters. The van der Waals surface area contributed by atoms with Crippen LogP contribution in [0.25, 0.3) is 0 Å². The number of ketones is 1. The smallest absolute Gasteiger partial charge is 0.317 e. The quantitative estimate of drug-likeness (QED) is 0.125. The van der Waals surface area contributed by atoms with Crippen molar-refractivity contribution < 1.29 is 46.6 Å². The van der Waals surface area contributed by atoms with E-state index in [0.29, 0.717) is 16.9 Å². The topological polar surface area (TPSA) is 237 Å². The number of nitrogens with zero attached hydrogens (tertiary/aromatic N) is 2. The van der Waals surface area contributed by atoms with Crippen LogP contribution in [-0.2, 0) is 46.9 Å². The van der Waals surface area contributed by atoms with E-state index in [-0.39, 0.29) is 43.3 Å². The van der Waals surface area contributed by atoms with Crippen molar-refractivity contribution in [1.82, 2.24) is 9.80 Å². The number of primary sulfonamides is 1. The molecule has 17 heteroatoms. The number of hydrogen-bond donors (Lipinski definition) is 6. The van der Waals surface area contributed by atoms with Gasteiger partial charge in [0.25, 0.3) is 11.3 Å². The highest BCUT2D eigenvalue weighted by atomic mass is 32.2. The summed E-state index contributed by atoms with van der Waals surface area (Å²) in [6, 6.07) is 11.2. The van der Waals surface area contributed by atoms with E-state index in [1.165, 1.54) is 58.3 Å². The molecule has 0 bridgehead atoms. The highest BCUT2D eigenvalue weighted by molar-refractivity contribution is 7.89. The zero-order valence-electron chi connectivity index (χ0n) is 21.1. The summed E-state index contributed by atoms with van der Waals surface area (Å²) in [7, 11) is -3.89. The van der Waals surface area contributed by atoms with Crippen LogP contribution in [0.3, 0.4) is 0 Å². The summed E-state index contributed by atoms with van der Waals surface area (Å²) >= 11 is -2.26. The van der Waals surface area contributed by atoms with Gasteiger partial charge in [-0.25, -0.2) is 17.8 Å². The van der Waals surface area contributed by atoms with Crippen molar-refractivity contribution in [2.24, 2.45) is 5.14 Å². The van der Waals surface area contributed by atoms with Crippen molar-refractivity contribution in [3.8, 4) is 0 Å². The van der Waals surface area contributed by atoms with E-state index < -0.39 is 52.2 Å². The Hall–Kier alpha value is -3.74. The number of hydrogen-bond acceptors (Lipinski definition) is 9. The number of carbonyl (C=O) groups is 4. The minimum absolute atomic E-state index is 0.0401. The van der Waals surface area contributed by atoms with Crippen LogP contribution in [0.4, 0.5) is 11.4 Å². The summed E-state index contributed by atoms with van der Waals surface area (Å²) in [5, 5.41) is 26.1. The standard InChI is InChI=1S/C23H29N5O10S2/c24-40(37,38)20-7-1-16(2-8-20)11-19(29)12-27(14-22(31)32)9-10-28(15-23(33)34)13-21(30)25-17-3-5-18(6-4-17)26-39(35)36/h1-8,26H,9-15H2,(H,25,30)(H,31,32)(H,33,34)(H,35,36)(H2,24,37,38). The number of rotatable bonds is 17. The number of carboxylic acids is 2. The highest BCUT2D eigenvalue weighted by Crippen LogP contribution is 2.14. The van der Waals surface area contributed by atoms with Gasteiger partial charge >= 0.3 is 11.9 Å². The van der Waals surface area contributed by atoms with Crippen LogP contribution in [-0.4, -0.2) is 100 Å². The fraction of sp³-hybridized carbons (Fsp3) is 0.304. The molecule has 0 aliphatic rings. The second-order valence-electron chi connectivity index (χ2n) is 8.59. The fourth-order valence-corrected chi connectivity index (χ4v) is 4.40. The molecule has 0 radical (unpaired) electrons. The molecule has 0 spiro atoms. The molecule has 0 aliphatic heterocycles. The molecule has 2 rings (SSSR count). The van der Waals surface area contributed by atoms with E-state index in [0.717, 1.165) is 0 Å². The zero-order valence-corrected chi connectivity index (χ0v) is 22.7. The maximum absolute atomic E-state index is 12.6. The molecule has 40 heavy (non-hydrogen) atoms. The summed E-state index contributed by atoms with van der Waals surface area (Å²) in [6.07, 6.45) is -0.106. The summed E-state index contributed by atoms with van der Waals surface area (Å²) in [5.74, 6) is -3.36. The number of anilines is 2. The Labute approximate surface area is 232 Å². The van der Waals surface area contributed by atoms with Crippen molar-refractivity contribution in [3.63, 3.8) is 0 Å². The third-order valence-electron chi connectivity index (χ3n) is 5.24. The molecular formula is C23H29N5O10S2. The van der Waals surface area contributed by atoms with Crippen molar-refractivity contribution in [1.29, 1.82) is 0 Å². The number of nitrogens with two attached hydrogens (primary N) is 1. The molecule has 0 saturated heterocycles. The first-order valence-electron chi connectivity index (χ1n) is 11.5. The second kappa shape index (κ2) is 15.2. The molecular weight excluding hydrogens is 570 g/mol. The summed E-state index contributed by atoms with van der Waals surface area (Å²) < 4.78 is 44.6. The van der Waals surface area contributed by atoms with Crippen molar-refractivity contribution in [2.75, 3.05) is 49.3 Å². The van der Waals surface area contributed by atoms with Gasteiger partial charge in [-0.2, -0.15) is 0 Å². The number of sulfonamides is 1. The van der Waals surface area contributed by atoms with E-state index in [9.17, 15) is 42.0 Å². The third kappa shape index (κ3) is 12.4. The third-order valence-corrected chi connectivity index (χ3v) is 6.58. The summed E-state index contributed by atoms with van der Waals surface area (Å²) in [6.45, 7) is -1.75. The number of carboxylic acid groups (broad SMARTS) is 2. The molecule has 1 amide bonds. The van der Waals surface area contributed by atoms with E-state index in [2.05, 4.69) is 10.0 Å².